The Kier molecular flexibility index (Phi) is 6.11. The average molecular weight is 467 g/mol. The molecule has 170 valence electrons. The van der Waals surface area contributed by atoms with E-state index >= 15 is 0 Å². The number of anilines is 1. The quantitative estimate of drug-likeness (QED) is 0.181. The predicted molar refractivity (Wildman–Crippen MR) is 112 cm³/mol. The summed E-state index contributed by atoms with van der Waals surface area (Å²) in [7, 11) is 0. The van der Waals surface area contributed by atoms with Gasteiger partial charge in [0.2, 0.25) is 10.3 Å². The fraction of sp³-hybridized carbons (Fsp3) is 0.526. The third-order valence-corrected chi connectivity index (χ3v) is 6.28. The molecule has 13 heteroatoms. The Morgan fingerprint density at radius 3 is 2.53 bits per heavy atom. The molecule has 1 saturated carbocycles. The van der Waals surface area contributed by atoms with Crippen LogP contribution in [0.25, 0.3) is 10.4 Å². The van der Waals surface area contributed by atoms with Crippen molar-refractivity contribution in [3.63, 3.8) is 0 Å². The number of aromatic nitrogens is 2. The molecular weight excluding hydrogens is 447 g/mol. The fourth-order valence-corrected chi connectivity index (χ4v) is 4.76. The molecule has 9 nitrogen and oxygen atoms in total. The van der Waals surface area contributed by atoms with Gasteiger partial charge in [0.1, 0.15) is 6.10 Å². The van der Waals surface area contributed by atoms with E-state index in [1.54, 1.807) is 13.8 Å². The lowest BCUT2D eigenvalue weighted by molar-refractivity contribution is -0.137. The maximum absolute atomic E-state index is 13.2. The summed E-state index contributed by atoms with van der Waals surface area (Å²) in [6, 6.07) is 3.19. The van der Waals surface area contributed by atoms with Gasteiger partial charge in [0.15, 0.2) is 11.5 Å². The summed E-state index contributed by atoms with van der Waals surface area (Å²) < 4.78 is 45.7. The molecular formula is C19H20F3N7O2S. The zero-order valence-corrected chi connectivity index (χ0v) is 18.1. The maximum atomic E-state index is 13.2. The number of hydrogen-bond acceptors (Lipinski definition) is 8. The Hall–Kier alpha value is -3.05. The van der Waals surface area contributed by atoms with E-state index in [2.05, 4.69) is 30.3 Å². The van der Waals surface area contributed by atoms with Gasteiger partial charge in [-0.2, -0.15) is 13.2 Å². The molecule has 0 spiro atoms. The Morgan fingerprint density at radius 2 is 1.91 bits per heavy atom. The second-order valence-corrected chi connectivity index (χ2v) is 8.87. The third-order valence-electron chi connectivity index (χ3n) is 5.41. The van der Waals surface area contributed by atoms with Crippen LogP contribution in [0.2, 0.25) is 0 Å². The van der Waals surface area contributed by atoms with Crippen LogP contribution in [0.1, 0.15) is 32.3 Å². The summed E-state index contributed by atoms with van der Waals surface area (Å²) >= 11 is 1.22. The molecule has 1 aromatic heterocycles. The Bertz CT molecular complexity index is 1050. The molecule has 1 aliphatic heterocycles. The summed E-state index contributed by atoms with van der Waals surface area (Å²) in [4.78, 5) is 10.1. The molecule has 0 unspecified atom stereocenters. The zero-order valence-electron chi connectivity index (χ0n) is 17.3. The number of oxime groups is 1. The molecule has 3 atom stereocenters. The first kappa shape index (κ1) is 22.2. The van der Waals surface area contributed by atoms with Crippen LogP contribution >= 0.6 is 11.3 Å². The van der Waals surface area contributed by atoms with E-state index in [1.807, 2.05) is 0 Å². The van der Waals surface area contributed by atoms with Gasteiger partial charge in [-0.15, -0.1) is 10.2 Å². The van der Waals surface area contributed by atoms with Crippen LogP contribution in [-0.4, -0.2) is 35.1 Å². The molecule has 4 rings (SSSR count). The van der Waals surface area contributed by atoms with E-state index < -0.39 is 11.7 Å². The predicted octanol–water partition coefficient (Wildman–Crippen LogP) is 5.57. The topological polar surface area (TPSA) is 109 Å². The van der Waals surface area contributed by atoms with Crippen LogP contribution in [0.3, 0.4) is 0 Å². The first-order valence-electron chi connectivity index (χ1n) is 9.94. The van der Waals surface area contributed by atoms with Crippen molar-refractivity contribution in [1.29, 1.82) is 0 Å². The molecule has 0 radical (unpaired) electrons. The second kappa shape index (κ2) is 8.83. The van der Waals surface area contributed by atoms with E-state index in [9.17, 15) is 13.2 Å². The number of halogens is 3. The fourth-order valence-electron chi connectivity index (χ4n) is 4.08. The summed E-state index contributed by atoms with van der Waals surface area (Å²) in [6.07, 6.45) is -2.81. The molecule has 2 aliphatic rings. The highest BCUT2D eigenvalue weighted by Crippen LogP contribution is 2.44. The van der Waals surface area contributed by atoms with Crippen molar-refractivity contribution < 1.29 is 22.7 Å². The summed E-state index contributed by atoms with van der Waals surface area (Å²) in [6.45, 7) is 4.69. The number of rotatable bonds is 6. The molecule has 1 aromatic carbocycles. The van der Waals surface area contributed by atoms with E-state index in [4.69, 9.17) is 15.1 Å². The van der Waals surface area contributed by atoms with Crippen LogP contribution in [-0.2, 0) is 6.18 Å². The normalized spacial score (nSPS) is 22.3. The zero-order chi connectivity index (χ0) is 22.9. The highest BCUT2D eigenvalue weighted by molar-refractivity contribution is 7.18. The smallest absolute Gasteiger partial charge is 0.416 e. The number of hydrogen-bond donors (Lipinski definition) is 0. The minimum absolute atomic E-state index is 0.0639. The van der Waals surface area contributed by atoms with Gasteiger partial charge in [0, 0.05) is 29.8 Å². The Morgan fingerprint density at radius 1 is 1.19 bits per heavy atom. The Labute approximate surface area is 185 Å². The Balaban J connectivity index is 1.53. The third kappa shape index (κ3) is 4.73. The van der Waals surface area contributed by atoms with Crippen LogP contribution in [0, 0.1) is 11.8 Å². The van der Waals surface area contributed by atoms with E-state index in [0.717, 1.165) is 25.0 Å². The number of benzene rings is 1. The minimum Gasteiger partial charge on any atom is -0.486 e. The number of fused-ring (bicyclic) bond motifs is 2. The molecule has 2 heterocycles. The number of azide groups is 1. The highest BCUT2D eigenvalue weighted by atomic mass is 32.1. The second-order valence-electron chi connectivity index (χ2n) is 7.93. The molecule has 2 fully saturated rings. The number of nitrogens with zero attached hydrogens (tertiary/aromatic N) is 7. The summed E-state index contributed by atoms with van der Waals surface area (Å²) in [5.74, 6) is 0.491. The molecule has 2 aromatic rings. The van der Waals surface area contributed by atoms with Crippen molar-refractivity contribution in [1.82, 2.24) is 10.2 Å². The van der Waals surface area contributed by atoms with E-state index in [0.29, 0.717) is 23.9 Å². The highest BCUT2D eigenvalue weighted by Gasteiger charge is 2.45. The van der Waals surface area contributed by atoms with Crippen LogP contribution in [0.4, 0.5) is 23.4 Å². The lowest BCUT2D eigenvalue weighted by Gasteiger charge is -2.37. The monoisotopic (exact) mass is 467 g/mol. The van der Waals surface area contributed by atoms with Crippen molar-refractivity contribution in [2.45, 2.75) is 39.0 Å². The number of piperidine rings is 1. The van der Waals surface area contributed by atoms with Gasteiger partial charge >= 0.3 is 6.18 Å². The molecule has 2 bridgehead atoms. The molecule has 1 saturated heterocycles. The van der Waals surface area contributed by atoms with Crippen molar-refractivity contribution in [2.24, 2.45) is 22.1 Å². The largest absolute Gasteiger partial charge is 0.486 e. The molecule has 0 amide bonds. The van der Waals surface area contributed by atoms with E-state index in [-0.39, 0.29) is 34.6 Å². The van der Waals surface area contributed by atoms with Gasteiger partial charge in [-0.25, -0.2) is 0 Å². The van der Waals surface area contributed by atoms with Gasteiger partial charge in [0.25, 0.3) is 0 Å². The summed E-state index contributed by atoms with van der Waals surface area (Å²) in [5, 5.41) is 16.2. The van der Waals surface area contributed by atoms with E-state index in [1.165, 1.54) is 17.4 Å². The first-order chi connectivity index (χ1) is 15.2. The van der Waals surface area contributed by atoms with Crippen LogP contribution < -0.4 is 14.5 Å². The van der Waals surface area contributed by atoms with Gasteiger partial charge < -0.3 is 14.5 Å². The number of alkyl halides is 3. The van der Waals surface area contributed by atoms with Crippen molar-refractivity contribution in [3.8, 4) is 11.5 Å². The molecule has 32 heavy (non-hydrogen) atoms. The van der Waals surface area contributed by atoms with Gasteiger partial charge in [-0.05, 0) is 55.5 Å². The SMILES string of the molecule is CC(C)=NOc1cc(C(F)(F)F)ccc1O[C@@H]1[C@@H]2CC[C@H]1CN(c1nnc(N=[N+]=[N-])s1)C2. The molecule has 0 N–H and O–H groups in total. The minimum atomic E-state index is -4.50. The summed E-state index contributed by atoms with van der Waals surface area (Å²) in [5.41, 5.74) is 8.29. The van der Waals surface area contributed by atoms with Crippen molar-refractivity contribution in [2.75, 3.05) is 18.0 Å². The lowest BCUT2D eigenvalue weighted by Crippen LogP contribution is -2.47. The van der Waals surface area contributed by atoms with Gasteiger partial charge in [-0.3, -0.25) is 0 Å². The maximum Gasteiger partial charge on any atom is 0.416 e. The standard InChI is InChI=1S/C19H20F3N7O2S/c1-10(2)27-31-15-7-13(19(20,21)22)5-6-14(15)30-16-11-3-4-12(16)9-29(8-11)18-26-24-17(32-18)25-28-23/h5-7,11-12,16H,3-4,8-9H2,1-2H3/t11-,12+,16-. The van der Waals surface area contributed by atoms with Crippen LogP contribution in [0.15, 0.2) is 28.5 Å². The van der Waals surface area contributed by atoms with Crippen molar-refractivity contribution in [3.05, 3.63) is 34.2 Å². The lowest BCUT2D eigenvalue weighted by atomic mass is 9.95. The van der Waals surface area contributed by atoms with Gasteiger partial charge in [-0.1, -0.05) is 16.5 Å². The first-order valence-corrected chi connectivity index (χ1v) is 10.8. The molecule has 1 aliphatic carbocycles. The average Bonchev–Trinajstić information content (AvgIpc) is 3.28. The van der Waals surface area contributed by atoms with Crippen molar-refractivity contribution >= 4 is 27.3 Å². The van der Waals surface area contributed by atoms with Gasteiger partial charge in [0.05, 0.1) is 11.3 Å². The number of ether oxygens (including phenoxy) is 1. The van der Waals surface area contributed by atoms with Crippen LogP contribution in [0.5, 0.6) is 11.5 Å².